The predicted molar refractivity (Wildman–Crippen MR) is 104 cm³/mol. The zero-order valence-electron chi connectivity index (χ0n) is 14.9. The summed E-state index contributed by atoms with van der Waals surface area (Å²) in [6.07, 6.45) is 6.49. The maximum atomic E-state index is 6.05. The normalized spacial score (nSPS) is 19.4. The maximum absolute atomic E-state index is 6.05. The first-order valence-electron chi connectivity index (χ1n) is 8.94. The molecule has 1 fully saturated rings. The van der Waals surface area contributed by atoms with Gasteiger partial charge in [0.1, 0.15) is 18.0 Å². The van der Waals surface area contributed by atoms with Gasteiger partial charge in [0.05, 0.1) is 0 Å². The molecule has 5 nitrogen and oxygen atoms in total. The van der Waals surface area contributed by atoms with Crippen LogP contribution in [0.4, 0.5) is 0 Å². The summed E-state index contributed by atoms with van der Waals surface area (Å²) >= 11 is 3.43. The summed E-state index contributed by atoms with van der Waals surface area (Å²) < 4.78 is 14.8. The van der Waals surface area contributed by atoms with Crippen LogP contribution in [0.15, 0.2) is 41.1 Å². The molecule has 1 aliphatic heterocycles. The van der Waals surface area contributed by atoms with E-state index in [9.17, 15) is 0 Å². The van der Waals surface area contributed by atoms with Gasteiger partial charge in [-0.25, -0.2) is 4.98 Å². The fraction of sp³-hybridized carbons (Fsp3) is 0.450. The van der Waals surface area contributed by atoms with Crippen LogP contribution >= 0.6 is 15.9 Å². The first kappa shape index (κ1) is 19.1. The van der Waals surface area contributed by atoms with Crippen LogP contribution in [0.25, 0.3) is 0 Å². The second-order valence-electron chi connectivity index (χ2n) is 6.29. The van der Waals surface area contributed by atoms with Crippen molar-refractivity contribution in [3.05, 3.63) is 52.5 Å². The lowest BCUT2D eigenvalue weighted by atomic mass is 10.2. The molecule has 2 N–H and O–H groups in total. The Morgan fingerprint density at radius 3 is 2.88 bits per heavy atom. The Labute approximate surface area is 163 Å². The largest absolute Gasteiger partial charge is 0.353 e. The molecule has 2 heterocycles. The summed E-state index contributed by atoms with van der Waals surface area (Å²) in [5.74, 6) is 7.27. The second-order valence-corrected chi connectivity index (χ2v) is 7.21. The highest BCUT2D eigenvalue weighted by atomic mass is 79.9. The minimum atomic E-state index is -0.184. The first-order chi connectivity index (χ1) is 12.7. The smallest absolute Gasteiger partial charge is 0.158 e. The maximum Gasteiger partial charge on any atom is 0.158 e. The Kier molecular flexibility index (Phi) is 6.86. The summed E-state index contributed by atoms with van der Waals surface area (Å²) in [6.45, 7) is 3.15. The number of ether oxygens (including phenoxy) is 2. The first-order valence-corrected chi connectivity index (χ1v) is 9.73. The predicted octanol–water partition coefficient (Wildman–Crippen LogP) is 3.80. The van der Waals surface area contributed by atoms with Crippen LogP contribution in [-0.2, 0) is 9.47 Å². The Balaban J connectivity index is 1.73. The SMILES string of the molecule is C[C@H](OC1CCCCO1)c1nccn1C(C#Cc1ccc(Br)cc1)CN. The summed E-state index contributed by atoms with van der Waals surface area (Å²) in [6, 6.07) is 7.75. The van der Waals surface area contributed by atoms with Crippen molar-refractivity contribution >= 4 is 15.9 Å². The molecular formula is C20H24BrN3O2. The molecule has 0 spiro atoms. The van der Waals surface area contributed by atoms with Gasteiger partial charge in [0.15, 0.2) is 6.29 Å². The van der Waals surface area contributed by atoms with Gasteiger partial charge in [-0.2, -0.15) is 0 Å². The highest BCUT2D eigenvalue weighted by Gasteiger charge is 2.22. The number of imidazole rings is 1. The lowest BCUT2D eigenvalue weighted by Crippen LogP contribution is -2.26. The number of nitrogens with two attached hydrogens (primary N) is 1. The minimum absolute atomic E-state index is 0.158. The van der Waals surface area contributed by atoms with Gasteiger partial charge < -0.3 is 19.8 Å². The molecule has 6 heteroatoms. The van der Waals surface area contributed by atoms with E-state index in [1.54, 1.807) is 6.20 Å². The molecule has 3 atom stereocenters. The van der Waals surface area contributed by atoms with Crippen molar-refractivity contribution in [2.45, 2.75) is 44.6 Å². The van der Waals surface area contributed by atoms with E-state index >= 15 is 0 Å². The number of aromatic nitrogens is 2. The minimum Gasteiger partial charge on any atom is -0.353 e. The highest BCUT2D eigenvalue weighted by Crippen LogP contribution is 2.24. The fourth-order valence-corrected chi connectivity index (χ4v) is 3.22. The Hall–Kier alpha value is -1.65. The Morgan fingerprint density at radius 2 is 2.19 bits per heavy atom. The number of hydrogen-bond donors (Lipinski definition) is 1. The summed E-state index contributed by atoms with van der Waals surface area (Å²) in [4.78, 5) is 4.47. The van der Waals surface area contributed by atoms with Gasteiger partial charge in [-0.1, -0.05) is 27.8 Å². The van der Waals surface area contributed by atoms with Crippen LogP contribution in [0.1, 0.15) is 49.7 Å². The molecule has 0 radical (unpaired) electrons. The van der Waals surface area contributed by atoms with Crippen LogP contribution in [0.2, 0.25) is 0 Å². The van der Waals surface area contributed by atoms with E-state index in [0.29, 0.717) is 6.54 Å². The van der Waals surface area contributed by atoms with Crippen molar-refractivity contribution in [2.24, 2.45) is 5.73 Å². The van der Waals surface area contributed by atoms with Crippen LogP contribution < -0.4 is 5.73 Å². The Bertz CT molecular complexity index is 757. The van der Waals surface area contributed by atoms with Crippen molar-refractivity contribution in [3.63, 3.8) is 0 Å². The molecule has 2 aromatic rings. The molecule has 1 saturated heterocycles. The lowest BCUT2D eigenvalue weighted by molar-refractivity contribution is -0.188. The average Bonchev–Trinajstić information content (AvgIpc) is 3.14. The van der Waals surface area contributed by atoms with Crippen molar-refractivity contribution in [2.75, 3.05) is 13.2 Å². The molecule has 0 bridgehead atoms. The monoisotopic (exact) mass is 417 g/mol. The van der Waals surface area contributed by atoms with Crippen LogP contribution in [0.3, 0.4) is 0 Å². The van der Waals surface area contributed by atoms with E-state index in [-0.39, 0.29) is 18.4 Å². The molecule has 1 aromatic heterocycles. The molecule has 26 heavy (non-hydrogen) atoms. The lowest BCUT2D eigenvalue weighted by Gasteiger charge is -2.26. The molecule has 1 aromatic carbocycles. The van der Waals surface area contributed by atoms with Gasteiger partial charge in [0.2, 0.25) is 0 Å². The van der Waals surface area contributed by atoms with Crippen molar-refractivity contribution in [1.29, 1.82) is 0 Å². The molecule has 138 valence electrons. The van der Waals surface area contributed by atoms with E-state index in [0.717, 1.165) is 41.7 Å². The van der Waals surface area contributed by atoms with E-state index in [4.69, 9.17) is 15.2 Å². The molecule has 1 aliphatic rings. The number of halogens is 1. The Morgan fingerprint density at radius 1 is 1.38 bits per heavy atom. The molecule has 3 rings (SSSR count). The standard InChI is InChI=1S/C20H24BrN3O2/c1-15(26-19-4-2-3-13-25-19)20-23-11-12-24(20)18(14-22)10-7-16-5-8-17(21)9-6-16/h5-6,8-9,11-12,15,18-19H,2-4,13-14,22H2,1H3/t15-,18?,19?/m0/s1. The molecular weight excluding hydrogens is 394 g/mol. The zero-order chi connectivity index (χ0) is 18.4. The highest BCUT2D eigenvalue weighted by molar-refractivity contribution is 9.10. The van der Waals surface area contributed by atoms with Gasteiger partial charge in [-0.15, -0.1) is 0 Å². The molecule has 0 saturated carbocycles. The van der Waals surface area contributed by atoms with Crippen molar-refractivity contribution < 1.29 is 9.47 Å². The summed E-state index contributed by atoms with van der Waals surface area (Å²) in [7, 11) is 0. The van der Waals surface area contributed by atoms with E-state index in [2.05, 4.69) is 32.8 Å². The van der Waals surface area contributed by atoms with E-state index in [1.807, 2.05) is 42.0 Å². The van der Waals surface area contributed by atoms with Crippen molar-refractivity contribution in [1.82, 2.24) is 9.55 Å². The topological polar surface area (TPSA) is 62.3 Å². The summed E-state index contributed by atoms with van der Waals surface area (Å²) in [5.41, 5.74) is 6.93. The van der Waals surface area contributed by atoms with Crippen LogP contribution in [0.5, 0.6) is 0 Å². The van der Waals surface area contributed by atoms with Crippen LogP contribution in [0, 0.1) is 11.8 Å². The molecule has 0 amide bonds. The number of hydrogen-bond acceptors (Lipinski definition) is 4. The van der Waals surface area contributed by atoms with Gasteiger partial charge in [0, 0.05) is 35.6 Å². The van der Waals surface area contributed by atoms with Crippen molar-refractivity contribution in [3.8, 4) is 11.8 Å². The van der Waals surface area contributed by atoms with Gasteiger partial charge in [-0.05, 0) is 50.5 Å². The number of rotatable bonds is 5. The zero-order valence-corrected chi connectivity index (χ0v) is 16.5. The van der Waals surface area contributed by atoms with Gasteiger partial charge in [0.25, 0.3) is 0 Å². The molecule has 2 unspecified atom stereocenters. The number of nitrogens with zero attached hydrogens (tertiary/aromatic N) is 2. The van der Waals surface area contributed by atoms with E-state index < -0.39 is 0 Å². The van der Waals surface area contributed by atoms with E-state index in [1.165, 1.54) is 0 Å². The quantitative estimate of drug-likeness (QED) is 0.751. The summed E-state index contributed by atoms with van der Waals surface area (Å²) in [5, 5.41) is 0. The number of benzene rings is 1. The van der Waals surface area contributed by atoms with Gasteiger partial charge in [-0.3, -0.25) is 0 Å². The molecule has 0 aliphatic carbocycles. The third kappa shape index (κ3) is 4.95. The average molecular weight is 418 g/mol. The third-order valence-corrected chi connectivity index (χ3v) is 4.87. The fourth-order valence-electron chi connectivity index (χ4n) is 2.95. The third-order valence-electron chi connectivity index (χ3n) is 4.34. The van der Waals surface area contributed by atoms with Crippen LogP contribution in [-0.4, -0.2) is 29.0 Å². The second kappa shape index (κ2) is 9.33. The van der Waals surface area contributed by atoms with Gasteiger partial charge >= 0.3 is 0 Å².